The summed E-state index contributed by atoms with van der Waals surface area (Å²) in [6.07, 6.45) is -4.95. The highest BCUT2D eigenvalue weighted by Crippen LogP contribution is 2.69. The summed E-state index contributed by atoms with van der Waals surface area (Å²) in [7, 11) is -14.0. The maximum absolute atomic E-state index is 13.7. The Balaban J connectivity index is 1.99. The number of hydrogen-bond acceptors (Lipinski definition) is 14. The van der Waals surface area contributed by atoms with Crippen molar-refractivity contribution in [2.75, 3.05) is 6.61 Å². The lowest BCUT2D eigenvalue weighted by atomic mass is 10.1. The molecule has 4 N–H and O–H groups in total. The van der Waals surface area contributed by atoms with Crippen LogP contribution in [0.4, 0.5) is 8.78 Å². The highest BCUT2D eigenvalue weighted by atomic mass is 31.2. The lowest BCUT2D eigenvalue weighted by Gasteiger charge is -2.46. The summed E-state index contributed by atoms with van der Waals surface area (Å²) in [4.78, 5) is 44.4. The molecule has 3 aliphatic heterocycles. The smallest absolute Gasteiger partial charge is 0.332 e. The van der Waals surface area contributed by atoms with Crippen LogP contribution < -0.4 is 14.7 Å². The molecule has 0 radical (unpaired) electrons. The number of hydrogen-bond donors (Lipinski definition) is 4. The maximum atomic E-state index is 13.7. The van der Waals surface area contributed by atoms with Gasteiger partial charge in [-0.05, 0) is 0 Å². The van der Waals surface area contributed by atoms with Gasteiger partial charge in [-0.2, -0.15) is 8.78 Å². The Hall–Kier alpha value is -1.52. The molecule has 3 rings (SSSR count). The van der Waals surface area contributed by atoms with Crippen molar-refractivity contribution < 1.29 is 57.2 Å². The van der Waals surface area contributed by atoms with E-state index in [2.05, 4.69) is 19.5 Å². The fourth-order valence-corrected chi connectivity index (χ4v) is 4.76. The first-order valence-corrected chi connectivity index (χ1v) is 10.9. The summed E-state index contributed by atoms with van der Waals surface area (Å²) in [5.74, 6) is -1.92. The van der Waals surface area contributed by atoms with Gasteiger partial charge in [-0.15, -0.1) is 0 Å². The monoisotopic (exact) mass is 474 g/mol. The normalized spacial score (nSPS) is 36.1. The first-order chi connectivity index (χ1) is 13.7. The molecule has 30 heavy (non-hydrogen) atoms. The van der Waals surface area contributed by atoms with Crippen molar-refractivity contribution in [3.8, 4) is 0 Å². The Kier molecular flexibility index (Phi) is 5.61. The SMILES string of the molecule is N=C1N=CN=C2N([C@@H]3O[C@H](CO)[C@@H](O)[C@H]3O)C=NC12OP(=O)([O-])C(F)(F)P(=O)([O-])[O-]. The molecular weight excluding hydrogens is 462 g/mol. The second-order valence-electron chi connectivity index (χ2n) is 6.17. The van der Waals surface area contributed by atoms with E-state index in [1.54, 1.807) is 0 Å². The van der Waals surface area contributed by atoms with Crippen molar-refractivity contribution in [2.45, 2.75) is 35.7 Å². The molecule has 3 aliphatic rings. The lowest BCUT2D eigenvalue weighted by molar-refractivity contribution is -0.332. The minimum absolute atomic E-state index is 0.647. The van der Waals surface area contributed by atoms with Gasteiger partial charge in [0.05, 0.1) is 12.9 Å². The molecule has 15 nitrogen and oxygen atoms in total. The van der Waals surface area contributed by atoms with E-state index >= 15 is 0 Å². The number of amidine groups is 2. The van der Waals surface area contributed by atoms with E-state index < -0.39 is 69.1 Å². The number of halogens is 2. The molecule has 0 amide bonds. The minimum atomic E-state index is -7.06. The fourth-order valence-electron chi connectivity index (χ4n) is 2.76. The summed E-state index contributed by atoms with van der Waals surface area (Å²) >= 11 is 0. The number of rotatable bonds is 6. The average Bonchev–Trinajstić information content (AvgIpc) is 3.13. The van der Waals surface area contributed by atoms with Gasteiger partial charge in [0.1, 0.15) is 24.7 Å². The van der Waals surface area contributed by atoms with Gasteiger partial charge in [-0.3, -0.25) is 14.8 Å². The number of fused-ring (bicyclic) bond motifs is 1. The van der Waals surface area contributed by atoms with Gasteiger partial charge in [-0.25, -0.2) is 15.0 Å². The predicted octanol–water partition coefficient (Wildman–Crippen LogP) is -4.08. The Morgan fingerprint density at radius 1 is 1.33 bits per heavy atom. The first-order valence-electron chi connectivity index (χ1n) is 7.77. The highest BCUT2D eigenvalue weighted by Gasteiger charge is 2.60. The molecule has 0 saturated carbocycles. The molecule has 6 atom stereocenters. The van der Waals surface area contributed by atoms with Crippen molar-refractivity contribution in [2.24, 2.45) is 15.0 Å². The molecule has 3 heterocycles. The van der Waals surface area contributed by atoms with Gasteiger partial charge < -0.3 is 43.9 Å². The number of nitrogens with one attached hydrogen (secondary N) is 1. The molecule has 19 heteroatoms. The molecule has 168 valence electrons. The maximum Gasteiger partial charge on any atom is 0.332 e. The minimum Gasteiger partial charge on any atom is -0.806 e. The van der Waals surface area contributed by atoms with Crippen LogP contribution in [0.5, 0.6) is 0 Å². The van der Waals surface area contributed by atoms with Crippen molar-refractivity contribution in [1.29, 1.82) is 5.41 Å². The van der Waals surface area contributed by atoms with E-state index in [0.717, 1.165) is 0 Å². The zero-order valence-corrected chi connectivity index (χ0v) is 16.1. The van der Waals surface area contributed by atoms with Gasteiger partial charge in [0.2, 0.25) is 7.60 Å². The fraction of sp³-hybridized carbons (Fsp3) is 0.636. The molecule has 0 spiro atoms. The molecule has 1 saturated heterocycles. The number of ether oxygens (including phenoxy) is 1. The van der Waals surface area contributed by atoms with Gasteiger partial charge in [0, 0.05) is 7.60 Å². The van der Waals surface area contributed by atoms with Gasteiger partial charge in [0.15, 0.2) is 17.9 Å². The van der Waals surface area contributed by atoms with Crippen LogP contribution in [0.15, 0.2) is 15.0 Å². The van der Waals surface area contributed by atoms with E-state index in [4.69, 9.17) is 15.3 Å². The van der Waals surface area contributed by atoms with Crippen molar-refractivity contribution >= 4 is 39.5 Å². The Morgan fingerprint density at radius 3 is 2.50 bits per heavy atom. The van der Waals surface area contributed by atoms with Crippen LogP contribution in [0, 0.1) is 5.41 Å². The molecule has 0 aromatic heterocycles. The van der Waals surface area contributed by atoms with E-state index in [1.165, 1.54) is 0 Å². The lowest BCUT2D eigenvalue weighted by Crippen LogP contribution is -2.55. The molecule has 0 aliphatic carbocycles. The van der Waals surface area contributed by atoms with Crippen molar-refractivity contribution in [1.82, 2.24) is 4.90 Å². The Morgan fingerprint density at radius 2 is 1.97 bits per heavy atom. The summed E-state index contributed by atoms with van der Waals surface area (Å²) in [6.45, 7) is -0.741. The summed E-state index contributed by atoms with van der Waals surface area (Å²) < 4.78 is 59.5. The standard InChI is InChI=1S/C11H15F2N5O10P2/c12-11(13,29(22,23)24)30(25,26)28-10-8(14)15-2-16-9(10)18(3-17-10)7-6(21)5(20)4(1-19)27-7/h2-7,14,19-21H,1H2,(H,25,26)(H2,22,23,24)/p-3/t4-,5-,6-,7-,10?/m1/s1. The number of aliphatic hydroxyl groups is 3. The summed E-state index contributed by atoms with van der Waals surface area (Å²) in [6, 6.07) is 0. The van der Waals surface area contributed by atoms with Gasteiger partial charge in [-0.1, -0.05) is 0 Å². The number of aliphatic hydroxyl groups excluding tert-OH is 3. The topological polar surface area (TPSA) is 247 Å². The van der Waals surface area contributed by atoms with Gasteiger partial charge in [0.25, 0.3) is 5.72 Å². The highest BCUT2D eigenvalue weighted by molar-refractivity contribution is 7.70. The zero-order chi connectivity index (χ0) is 22.7. The first kappa shape index (κ1) is 23.1. The average molecular weight is 474 g/mol. The van der Waals surface area contributed by atoms with Crippen LogP contribution in [0.2, 0.25) is 0 Å². The molecule has 0 aromatic carbocycles. The second-order valence-corrected chi connectivity index (χ2v) is 9.81. The van der Waals surface area contributed by atoms with Crippen LogP contribution in [-0.2, 0) is 18.4 Å². The number of nitrogens with zero attached hydrogens (tertiary/aromatic N) is 4. The van der Waals surface area contributed by atoms with Crippen LogP contribution >= 0.6 is 15.2 Å². The zero-order valence-electron chi connectivity index (χ0n) is 14.3. The van der Waals surface area contributed by atoms with Crippen molar-refractivity contribution in [3.05, 3.63) is 0 Å². The molecular formula is C11H12F2N5O10P2-3. The molecule has 0 bridgehead atoms. The third-order valence-corrected chi connectivity index (χ3v) is 7.59. The Bertz CT molecular complexity index is 939. The van der Waals surface area contributed by atoms with E-state index in [-0.39, 0.29) is 0 Å². The quantitative estimate of drug-likeness (QED) is 0.269. The third kappa shape index (κ3) is 3.27. The molecule has 2 unspecified atom stereocenters. The van der Waals surface area contributed by atoms with Gasteiger partial charge >= 0.3 is 5.40 Å². The second kappa shape index (κ2) is 7.27. The van der Waals surface area contributed by atoms with E-state index in [0.29, 0.717) is 17.6 Å². The summed E-state index contributed by atoms with van der Waals surface area (Å²) in [5.41, 5.74) is -3.06. The third-order valence-electron chi connectivity index (χ3n) is 4.30. The van der Waals surface area contributed by atoms with E-state index in [9.17, 15) is 42.8 Å². The van der Waals surface area contributed by atoms with Crippen LogP contribution in [0.3, 0.4) is 0 Å². The number of aliphatic imine (C=N–C) groups is 3. The number of alkyl halides is 2. The largest absolute Gasteiger partial charge is 0.806 e. The van der Waals surface area contributed by atoms with Crippen LogP contribution in [-0.4, -0.2) is 86.8 Å². The van der Waals surface area contributed by atoms with Crippen molar-refractivity contribution in [3.63, 3.8) is 0 Å². The molecule has 0 aromatic rings. The van der Waals surface area contributed by atoms with Crippen LogP contribution in [0.1, 0.15) is 0 Å². The van der Waals surface area contributed by atoms with Crippen LogP contribution in [0.25, 0.3) is 0 Å². The molecule has 1 fully saturated rings. The Labute approximate surface area is 165 Å². The van der Waals surface area contributed by atoms with E-state index in [1.807, 2.05) is 0 Å². The summed E-state index contributed by atoms with van der Waals surface area (Å²) in [5, 5.41) is 31.0. The predicted molar refractivity (Wildman–Crippen MR) is 85.7 cm³/mol.